The molecule has 0 aromatic heterocycles. The van der Waals surface area contributed by atoms with Crippen molar-refractivity contribution >= 4 is 11.6 Å². The number of phenols is 1. The Morgan fingerprint density at radius 2 is 2.00 bits per heavy atom. The van der Waals surface area contributed by atoms with Gasteiger partial charge in [0.25, 0.3) is 0 Å². The quantitative estimate of drug-likeness (QED) is 0.769. The van der Waals surface area contributed by atoms with Crippen LogP contribution in [0.5, 0.6) is 5.75 Å². The summed E-state index contributed by atoms with van der Waals surface area (Å²) in [5.41, 5.74) is 1.72. The molecule has 2 N–H and O–H groups in total. The van der Waals surface area contributed by atoms with Crippen LogP contribution in [0.15, 0.2) is 18.2 Å². The second-order valence-electron chi connectivity index (χ2n) is 5.41. The van der Waals surface area contributed by atoms with Crippen LogP contribution in [0.25, 0.3) is 0 Å². The van der Waals surface area contributed by atoms with Gasteiger partial charge >= 0.3 is 0 Å². The summed E-state index contributed by atoms with van der Waals surface area (Å²) in [5.74, 6) is 2.24. The van der Waals surface area contributed by atoms with Crippen molar-refractivity contribution in [1.29, 1.82) is 0 Å². The van der Waals surface area contributed by atoms with E-state index < -0.39 is 0 Å². The standard InChI is InChI=1S/C14H17NO2/c1-8-4-12(16)2-3-13(8)15-14(17)11-6-9-5-10(9)7-11/h2-4,9-11,16H,5-7H2,1H3,(H,15,17). The number of hydrogen-bond donors (Lipinski definition) is 2. The third-order valence-corrected chi connectivity index (χ3v) is 4.08. The topological polar surface area (TPSA) is 49.3 Å². The Balaban J connectivity index is 1.67. The Kier molecular flexibility index (Phi) is 2.35. The maximum Gasteiger partial charge on any atom is 0.227 e. The average Bonchev–Trinajstić information content (AvgIpc) is 2.89. The Labute approximate surface area is 101 Å². The second kappa shape index (κ2) is 3.76. The van der Waals surface area contributed by atoms with E-state index in [9.17, 15) is 9.90 Å². The van der Waals surface area contributed by atoms with Crippen LogP contribution < -0.4 is 5.32 Å². The number of benzene rings is 1. The van der Waals surface area contributed by atoms with Gasteiger partial charge in [0, 0.05) is 11.6 Å². The van der Waals surface area contributed by atoms with E-state index in [0.717, 1.165) is 35.9 Å². The van der Waals surface area contributed by atoms with Gasteiger partial charge in [0.2, 0.25) is 5.91 Å². The molecule has 1 amide bonds. The lowest BCUT2D eigenvalue weighted by Crippen LogP contribution is -2.22. The molecule has 1 aromatic rings. The number of aromatic hydroxyl groups is 1. The number of nitrogens with one attached hydrogen (secondary N) is 1. The van der Waals surface area contributed by atoms with E-state index in [2.05, 4.69) is 5.32 Å². The zero-order valence-electron chi connectivity index (χ0n) is 9.94. The fraction of sp³-hybridized carbons (Fsp3) is 0.500. The number of amides is 1. The minimum Gasteiger partial charge on any atom is -0.508 e. The van der Waals surface area contributed by atoms with Gasteiger partial charge in [-0.15, -0.1) is 0 Å². The Morgan fingerprint density at radius 3 is 2.65 bits per heavy atom. The van der Waals surface area contributed by atoms with Gasteiger partial charge in [-0.1, -0.05) is 0 Å². The number of rotatable bonds is 2. The minimum absolute atomic E-state index is 0.144. The molecule has 2 aliphatic carbocycles. The molecule has 2 aliphatic rings. The summed E-state index contributed by atoms with van der Waals surface area (Å²) in [6.45, 7) is 1.89. The molecule has 3 nitrogen and oxygen atoms in total. The first kappa shape index (κ1) is 10.6. The van der Waals surface area contributed by atoms with Gasteiger partial charge in [-0.3, -0.25) is 4.79 Å². The van der Waals surface area contributed by atoms with Gasteiger partial charge in [0.1, 0.15) is 5.75 Å². The van der Waals surface area contributed by atoms with Gasteiger partial charge in [0.05, 0.1) is 0 Å². The first-order valence-corrected chi connectivity index (χ1v) is 6.24. The lowest BCUT2D eigenvalue weighted by atomic mass is 10.0. The van der Waals surface area contributed by atoms with Crippen molar-refractivity contribution in [1.82, 2.24) is 0 Å². The van der Waals surface area contributed by atoms with Crippen molar-refractivity contribution in [3.05, 3.63) is 23.8 Å². The average molecular weight is 231 g/mol. The second-order valence-corrected chi connectivity index (χ2v) is 5.41. The van der Waals surface area contributed by atoms with Gasteiger partial charge in [-0.05, 0) is 61.8 Å². The number of hydrogen-bond acceptors (Lipinski definition) is 2. The maximum absolute atomic E-state index is 12.0. The van der Waals surface area contributed by atoms with Crippen LogP contribution in [0.1, 0.15) is 24.8 Å². The van der Waals surface area contributed by atoms with Gasteiger partial charge in [0.15, 0.2) is 0 Å². The number of carbonyl (C=O) groups is 1. The van der Waals surface area contributed by atoms with Crippen LogP contribution in [-0.2, 0) is 4.79 Å². The third kappa shape index (κ3) is 2.02. The molecule has 2 saturated carbocycles. The van der Waals surface area contributed by atoms with Gasteiger partial charge in [-0.2, -0.15) is 0 Å². The third-order valence-electron chi connectivity index (χ3n) is 4.08. The molecule has 0 saturated heterocycles. The Morgan fingerprint density at radius 1 is 1.29 bits per heavy atom. The highest BCUT2D eigenvalue weighted by molar-refractivity contribution is 5.93. The molecule has 90 valence electrons. The molecular formula is C14H17NO2. The highest BCUT2D eigenvalue weighted by Crippen LogP contribution is 2.54. The lowest BCUT2D eigenvalue weighted by Gasteiger charge is -2.14. The zero-order valence-corrected chi connectivity index (χ0v) is 9.94. The van der Waals surface area contributed by atoms with Crippen molar-refractivity contribution in [2.75, 3.05) is 5.32 Å². The van der Waals surface area contributed by atoms with Crippen LogP contribution in [0, 0.1) is 24.7 Å². The van der Waals surface area contributed by atoms with Crippen molar-refractivity contribution in [2.24, 2.45) is 17.8 Å². The van der Waals surface area contributed by atoms with Gasteiger partial charge < -0.3 is 10.4 Å². The molecule has 0 heterocycles. The van der Waals surface area contributed by atoms with Crippen molar-refractivity contribution in [3.63, 3.8) is 0 Å². The number of carbonyl (C=O) groups excluding carboxylic acids is 1. The normalized spacial score (nSPS) is 29.8. The highest BCUT2D eigenvalue weighted by atomic mass is 16.3. The van der Waals surface area contributed by atoms with Crippen molar-refractivity contribution < 1.29 is 9.90 Å². The summed E-state index contributed by atoms with van der Waals surface area (Å²) < 4.78 is 0. The summed E-state index contributed by atoms with van der Waals surface area (Å²) in [5, 5.41) is 12.3. The van der Waals surface area contributed by atoms with E-state index in [1.54, 1.807) is 18.2 Å². The summed E-state index contributed by atoms with van der Waals surface area (Å²) in [4.78, 5) is 12.0. The van der Waals surface area contributed by atoms with E-state index >= 15 is 0 Å². The molecule has 3 rings (SSSR count). The van der Waals surface area contributed by atoms with Crippen LogP contribution in [0.3, 0.4) is 0 Å². The van der Waals surface area contributed by atoms with E-state index in [-0.39, 0.29) is 17.6 Å². The molecule has 2 fully saturated rings. The molecule has 0 radical (unpaired) electrons. The molecule has 0 spiro atoms. The van der Waals surface area contributed by atoms with E-state index in [1.807, 2.05) is 6.92 Å². The van der Waals surface area contributed by atoms with Crippen LogP contribution in [-0.4, -0.2) is 11.0 Å². The summed E-state index contributed by atoms with van der Waals surface area (Å²) in [6.07, 6.45) is 3.46. The summed E-state index contributed by atoms with van der Waals surface area (Å²) in [7, 11) is 0. The SMILES string of the molecule is Cc1cc(O)ccc1NC(=O)C1CC2CC2C1. The van der Waals surface area contributed by atoms with Crippen LogP contribution in [0.4, 0.5) is 5.69 Å². The molecule has 2 atom stereocenters. The van der Waals surface area contributed by atoms with Gasteiger partial charge in [-0.25, -0.2) is 0 Å². The predicted molar refractivity (Wildman–Crippen MR) is 65.8 cm³/mol. The number of phenolic OH excluding ortho intramolecular Hbond substituents is 1. The first-order chi connectivity index (χ1) is 8.13. The Hall–Kier alpha value is -1.51. The van der Waals surface area contributed by atoms with E-state index in [1.165, 1.54) is 6.42 Å². The van der Waals surface area contributed by atoms with E-state index in [0.29, 0.717) is 0 Å². The van der Waals surface area contributed by atoms with Crippen molar-refractivity contribution in [3.8, 4) is 5.75 Å². The fourth-order valence-electron chi connectivity index (χ4n) is 2.95. The van der Waals surface area contributed by atoms with Crippen molar-refractivity contribution in [2.45, 2.75) is 26.2 Å². The molecule has 17 heavy (non-hydrogen) atoms. The summed E-state index contributed by atoms with van der Waals surface area (Å²) >= 11 is 0. The number of fused-ring (bicyclic) bond motifs is 1. The van der Waals surface area contributed by atoms with Crippen LogP contribution >= 0.6 is 0 Å². The first-order valence-electron chi connectivity index (χ1n) is 6.24. The highest BCUT2D eigenvalue weighted by Gasteiger charge is 2.47. The fourth-order valence-corrected chi connectivity index (χ4v) is 2.95. The summed E-state index contributed by atoms with van der Waals surface area (Å²) in [6, 6.07) is 5.04. The maximum atomic E-state index is 12.0. The smallest absolute Gasteiger partial charge is 0.227 e. The zero-order chi connectivity index (χ0) is 12.0. The number of aryl methyl sites for hydroxylation is 1. The predicted octanol–water partition coefficient (Wildman–Crippen LogP) is 2.69. The molecule has 0 bridgehead atoms. The van der Waals surface area contributed by atoms with Crippen LogP contribution in [0.2, 0.25) is 0 Å². The molecule has 2 unspecified atom stereocenters. The molecule has 3 heteroatoms. The Bertz CT molecular complexity index is 459. The van der Waals surface area contributed by atoms with E-state index in [4.69, 9.17) is 0 Å². The minimum atomic E-state index is 0.144. The number of anilines is 1. The molecule has 1 aromatic carbocycles. The lowest BCUT2D eigenvalue weighted by molar-refractivity contribution is -0.120. The molecule has 0 aliphatic heterocycles. The molecular weight excluding hydrogens is 214 g/mol. The monoisotopic (exact) mass is 231 g/mol. The largest absolute Gasteiger partial charge is 0.508 e.